The van der Waals surface area contributed by atoms with Gasteiger partial charge in [0.2, 0.25) is 0 Å². The highest BCUT2D eigenvalue weighted by Crippen LogP contribution is 2.29. The minimum Gasteiger partial charge on any atom is -0.348 e. The van der Waals surface area contributed by atoms with Crippen LogP contribution >= 0.6 is 12.4 Å². The van der Waals surface area contributed by atoms with Crippen molar-refractivity contribution in [2.75, 3.05) is 6.54 Å². The average molecular weight is 393 g/mol. The smallest absolute Gasteiger partial charge is 0.272 e. The van der Waals surface area contributed by atoms with Gasteiger partial charge in [0, 0.05) is 17.3 Å². The van der Waals surface area contributed by atoms with Crippen LogP contribution in [0.5, 0.6) is 0 Å². The van der Waals surface area contributed by atoms with Crippen molar-refractivity contribution in [2.45, 2.75) is 51.0 Å². The summed E-state index contributed by atoms with van der Waals surface area (Å²) >= 11 is 0. The zero-order valence-electron chi connectivity index (χ0n) is 15.3. The van der Waals surface area contributed by atoms with Crippen molar-refractivity contribution < 1.29 is 9.18 Å². The Morgan fingerprint density at radius 2 is 2.00 bits per heavy atom. The molecule has 146 valence electrons. The fraction of sp³-hybridized carbons (Fsp3) is 0.500. The van der Waals surface area contributed by atoms with E-state index < -0.39 is 0 Å². The number of nitrogens with two attached hydrogens (primary N) is 1. The van der Waals surface area contributed by atoms with Crippen LogP contribution in [0.1, 0.15) is 53.8 Å². The molecule has 2 aromatic rings. The summed E-state index contributed by atoms with van der Waals surface area (Å²) in [7, 11) is 0. The number of halogens is 2. The topological polar surface area (TPSA) is 72.9 Å². The second-order valence-electron chi connectivity index (χ2n) is 7.35. The van der Waals surface area contributed by atoms with Gasteiger partial charge in [0.15, 0.2) is 5.69 Å². The molecule has 5 nitrogen and oxygen atoms in total. The Labute approximate surface area is 164 Å². The summed E-state index contributed by atoms with van der Waals surface area (Å²) in [6, 6.07) is 6.68. The Hall–Kier alpha value is -1.92. The van der Waals surface area contributed by atoms with Crippen LogP contribution in [0.4, 0.5) is 4.39 Å². The van der Waals surface area contributed by atoms with E-state index in [2.05, 4.69) is 10.4 Å². The predicted molar refractivity (Wildman–Crippen MR) is 105 cm³/mol. The van der Waals surface area contributed by atoms with E-state index in [0.717, 1.165) is 49.8 Å². The molecule has 4 rings (SSSR count). The summed E-state index contributed by atoms with van der Waals surface area (Å²) in [6.07, 6.45) is 6.91. The summed E-state index contributed by atoms with van der Waals surface area (Å²) in [5.41, 5.74) is 8.65. The first-order valence-corrected chi connectivity index (χ1v) is 9.55. The number of carbonyl (C=O) groups excluding carboxylic acids is 1. The van der Waals surface area contributed by atoms with Crippen LogP contribution in [0.2, 0.25) is 0 Å². The number of nitrogens with zero attached hydrogens (tertiary/aromatic N) is 2. The normalized spacial score (nSPS) is 21.4. The molecule has 0 saturated heterocycles. The fourth-order valence-electron chi connectivity index (χ4n) is 4.36. The van der Waals surface area contributed by atoms with E-state index in [-0.39, 0.29) is 30.2 Å². The molecular formula is C20H26ClFN4O. The number of carbonyl (C=O) groups is 1. The largest absolute Gasteiger partial charge is 0.348 e. The van der Waals surface area contributed by atoms with Crippen LogP contribution < -0.4 is 11.1 Å². The van der Waals surface area contributed by atoms with E-state index >= 15 is 0 Å². The van der Waals surface area contributed by atoms with Gasteiger partial charge in [0.1, 0.15) is 11.5 Å². The highest BCUT2D eigenvalue weighted by atomic mass is 35.5. The molecule has 1 aromatic carbocycles. The Morgan fingerprint density at radius 3 is 2.78 bits per heavy atom. The van der Waals surface area contributed by atoms with Gasteiger partial charge in [0.05, 0.1) is 0 Å². The van der Waals surface area contributed by atoms with Gasteiger partial charge >= 0.3 is 0 Å². The lowest BCUT2D eigenvalue weighted by Crippen LogP contribution is -2.45. The second kappa shape index (κ2) is 8.40. The predicted octanol–water partition coefficient (Wildman–Crippen LogP) is 3.17. The molecule has 1 heterocycles. The minimum atomic E-state index is -0.327. The molecule has 7 heteroatoms. The third-order valence-corrected chi connectivity index (χ3v) is 5.75. The number of para-hydroxylation sites is 1. The van der Waals surface area contributed by atoms with Gasteiger partial charge in [-0.2, -0.15) is 5.10 Å². The molecular weight excluding hydrogens is 367 g/mol. The number of aromatic nitrogens is 2. The molecule has 0 spiro atoms. The number of hydrogen-bond donors (Lipinski definition) is 2. The van der Waals surface area contributed by atoms with Crippen molar-refractivity contribution in [3.63, 3.8) is 0 Å². The van der Waals surface area contributed by atoms with Gasteiger partial charge < -0.3 is 11.1 Å². The lowest BCUT2D eigenvalue weighted by molar-refractivity contribution is 0.0901. The molecule has 3 N–H and O–H groups in total. The van der Waals surface area contributed by atoms with Crippen molar-refractivity contribution in [1.82, 2.24) is 15.1 Å². The first-order valence-electron chi connectivity index (χ1n) is 9.55. The number of benzene rings is 1. The molecule has 2 aliphatic rings. The van der Waals surface area contributed by atoms with Gasteiger partial charge in [-0.1, -0.05) is 25.0 Å². The molecule has 1 fully saturated rings. The molecule has 1 aromatic heterocycles. The molecule has 1 amide bonds. The van der Waals surface area contributed by atoms with Crippen LogP contribution in [0.3, 0.4) is 0 Å². The maximum Gasteiger partial charge on any atom is 0.272 e. The summed E-state index contributed by atoms with van der Waals surface area (Å²) in [6.45, 7) is 0.590. The van der Waals surface area contributed by atoms with Crippen molar-refractivity contribution in [2.24, 2.45) is 11.7 Å². The first-order chi connectivity index (χ1) is 12.7. The van der Waals surface area contributed by atoms with Crippen LogP contribution in [-0.4, -0.2) is 28.3 Å². The van der Waals surface area contributed by atoms with Crippen molar-refractivity contribution in [3.8, 4) is 5.69 Å². The van der Waals surface area contributed by atoms with E-state index in [1.165, 1.54) is 12.5 Å². The van der Waals surface area contributed by atoms with Crippen LogP contribution in [0.15, 0.2) is 24.3 Å². The lowest BCUT2D eigenvalue weighted by atomic mass is 9.84. The van der Waals surface area contributed by atoms with E-state index in [1.807, 2.05) is 0 Å². The molecule has 2 aliphatic carbocycles. The monoisotopic (exact) mass is 392 g/mol. The maximum atomic E-state index is 14.2. The second-order valence-corrected chi connectivity index (χ2v) is 7.35. The SMILES string of the molecule is Cl.NCC1CCCCC1NC(=O)c1nn(-c2ccccc2F)c2c1CCC2. The van der Waals surface area contributed by atoms with Gasteiger partial charge in [-0.25, -0.2) is 9.07 Å². The quantitative estimate of drug-likeness (QED) is 0.839. The number of amides is 1. The maximum absolute atomic E-state index is 14.2. The van der Waals surface area contributed by atoms with E-state index in [9.17, 15) is 9.18 Å². The van der Waals surface area contributed by atoms with E-state index in [4.69, 9.17) is 5.73 Å². The number of rotatable bonds is 4. The number of hydrogen-bond acceptors (Lipinski definition) is 3. The summed E-state index contributed by atoms with van der Waals surface area (Å²) in [4.78, 5) is 12.9. The Bertz CT molecular complexity index is 822. The molecule has 0 bridgehead atoms. The summed E-state index contributed by atoms with van der Waals surface area (Å²) in [5, 5.41) is 7.67. The molecule has 0 aliphatic heterocycles. The molecule has 27 heavy (non-hydrogen) atoms. The summed E-state index contributed by atoms with van der Waals surface area (Å²) < 4.78 is 15.9. The molecule has 1 saturated carbocycles. The molecule has 0 radical (unpaired) electrons. The van der Waals surface area contributed by atoms with Gasteiger partial charge in [-0.3, -0.25) is 4.79 Å². The van der Waals surface area contributed by atoms with Gasteiger partial charge in [-0.15, -0.1) is 12.4 Å². The standard InChI is InChI=1S/C20H25FN4O.ClH/c21-15-8-2-4-10-18(15)25-17-11-5-7-14(17)19(24-25)20(26)23-16-9-3-1-6-13(16)12-22;/h2,4,8,10,13,16H,1,3,5-7,9,11-12,22H2,(H,23,26);1H. The van der Waals surface area contributed by atoms with E-state index in [1.54, 1.807) is 22.9 Å². The number of fused-ring (bicyclic) bond motifs is 1. The van der Waals surface area contributed by atoms with Crippen LogP contribution in [0, 0.1) is 11.7 Å². The minimum absolute atomic E-state index is 0. The Morgan fingerprint density at radius 1 is 1.22 bits per heavy atom. The highest BCUT2D eigenvalue weighted by Gasteiger charge is 2.31. The van der Waals surface area contributed by atoms with Crippen LogP contribution in [0.25, 0.3) is 5.69 Å². The first kappa shape index (κ1) is 19.8. The Balaban J connectivity index is 0.00000210. The number of nitrogens with one attached hydrogen (secondary N) is 1. The molecule has 2 atom stereocenters. The zero-order valence-corrected chi connectivity index (χ0v) is 16.1. The third kappa shape index (κ3) is 3.73. The average Bonchev–Trinajstić information content (AvgIpc) is 3.25. The summed E-state index contributed by atoms with van der Waals surface area (Å²) in [5.74, 6) is -0.148. The van der Waals surface area contributed by atoms with Crippen molar-refractivity contribution in [1.29, 1.82) is 0 Å². The van der Waals surface area contributed by atoms with E-state index in [0.29, 0.717) is 23.8 Å². The third-order valence-electron chi connectivity index (χ3n) is 5.75. The van der Waals surface area contributed by atoms with Gasteiger partial charge in [0.25, 0.3) is 5.91 Å². The fourth-order valence-corrected chi connectivity index (χ4v) is 4.36. The zero-order chi connectivity index (χ0) is 18.1. The van der Waals surface area contributed by atoms with Crippen molar-refractivity contribution >= 4 is 18.3 Å². The van der Waals surface area contributed by atoms with Crippen molar-refractivity contribution in [3.05, 3.63) is 47.0 Å². The highest BCUT2D eigenvalue weighted by molar-refractivity contribution is 5.94. The van der Waals surface area contributed by atoms with Crippen LogP contribution in [-0.2, 0) is 12.8 Å². The molecule has 2 unspecified atom stereocenters. The Kier molecular flexibility index (Phi) is 6.17. The lowest BCUT2D eigenvalue weighted by Gasteiger charge is -2.31. The van der Waals surface area contributed by atoms with Gasteiger partial charge in [-0.05, 0) is 56.7 Å².